The van der Waals surface area contributed by atoms with Crippen molar-refractivity contribution in [3.63, 3.8) is 0 Å². The Morgan fingerprint density at radius 3 is 2.25 bits per heavy atom. The predicted molar refractivity (Wildman–Crippen MR) is 122 cm³/mol. The molecule has 32 heavy (non-hydrogen) atoms. The summed E-state index contributed by atoms with van der Waals surface area (Å²) in [6, 6.07) is 16.2. The number of nitrogens with zero attached hydrogens (tertiary/aromatic N) is 1. The van der Waals surface area contributed by atoms with Crippen molar-refractivity contribution in [2.24, 2.45) is 5.73 Å². The first-order valence-electron chi connectivity index (χ1n) is 9.65. The van der Waals surface area contributed by atoms with Crippen LogP contribution in [0.25, 0.3) is 0 Å². The SMILES string of the molecule is COc1ccc(C[N+](CC(N)=O)(c2cccc(Cl)c2C)S(=O)(=O)c2ccc(F)cc2)cc1. The number of carbonyl (C=O) groups is 1. The molecule has 0 bridgehead atoms. The number of methoxy groups -OCH3 is 1. The van der Waals surface area contributed by atoms with E-state index in [4.69, 9.17) is 22.1 Å². The zero-order valence-corrected chi connectivity index (χ0v) is 19.2. The standard InChI is InChI=1S/C23H22ClFN2O4S/c1-16-21(24)4-3-5-22(16)27(15-23(26)28,14-17-6-10-19(31-2)11-7-17)32(29,30)20-12-8-18(25)9-13-20/h3-13H,14-15H2,1-2H3,(H-,26,28)/p+1. The minimum absolute atomic E-state index is 0.117. The van der Waals surface area contributed by atoms with Gasteiger partial charge in [0.2, 0.25) is 0 Å². The van der Waals surface area contributed by atoms with Crippen LogP contribution in [0.5, 0.6) is 5.75 Å². The van der Waals surface area contributed by atoms with E-state index in [-0.39, 0.29) is 11.4 Å². The number of hydrogen-bond donors (Lipinski definition) is 1. The van der Waals surface area contributed by atoms with Crippen molar-refractivity contribution in [3.8, 4) is 5.75 Å². The molecule has 0 radical (unpaired) electrons. The number of ether oxygens (including phenoxy) is 1. The Hall–Kier alpha value is -2.94. The zero-order chi connectivity index (χ0) is 23.5. The lowest BCUT2D eigenvalue weighted by Crippen LogP contribution is -2.57. The number of primary amides is 1. The first kappa shape index (κ1) is 23.7. The van der Waals surface area contributed by atoms with E-state index in [1.54, 1.807) is 49.4 Å². The summed E-state index contributed by atoms with van der Waals surface area (Å²) in [5.74, 6) is -0.795. The third-order valence-corrected chi connectivity index (χ3v) is 7.91. The van der Waals surface area contributed by atoms with Gasteiger partial charge in [-0.1, -0.05) is 17.7 Å². The van der Waals surface area contributed by atoms with Gasteiger partial charge in [0, 0.05) is 22.2 Å². The highest BCUT2D eigenvalue weighted by atomic mass is 35.5. The summed E-state index contributed by atoms with van der Waals surface area (Å²) in [6.07, 6.45) is 0. The fourth-order valence-electron chi connectivity index (χ4n) is 3.65. The Morgan fingerprint density at radius 2 is 1.69 bits per heavy atom. The van der Waals surface area contributed by atoms with Crippen LogP contribution >= 0.6 is 11.6 Å². The molecule has 0 saturated heterocycles. The summed E-state index contributed by atoms with van der Waals surface area (Å²) in [6.45, 7) is 1.01. The smallest absolute Gasteiger partial charge is 0.332 e. The first-order valence-corrected chi connectivity index (χ1v) is 11.5. The molecule has 0 spiro atoms. The van der Waals surface area contributed by atoms with Crippen molar-refractivity contribution in [1.29, 1.82) is 0 Å². The Balaban J connectivity index is 2.33. The van der Waals surface area contributed by atoms with Gasteiger partial charge in [0.15, 0.2) is 12.2 Å². The Bertz CT molecular complexity index is 1230. The summed E-state index contributed by atoms with van der Waals surface area (Å²) < 4.78 is 46.0. The maximum Gasteiger partial charge on any atom is 0.332 e. The van der Waals surface area contributed by atoms with Crippen LogP contribution in [0.4, 0.5) is 10.1 Å². The fourth-order valence-corrected chi connectivity index (χ4v) is 5.78. The van der Waals surface area contributed by atoms with Gasteiger partial charge in [0.1, 0.15) is 23.0 Å². The third-order valence-electron chi connectivity index (χ3n) is 5.26. The average Bonchev–Trinajstić information content (AvgIpc) is 2.75. The number of benzene rings is 3. The van der Waals surface area contributed by atoms with Crippen molar-refractivity contribution in [2.45, 2.75) is 18.4 Å². The minimum Gasteiger partial charge on any atom is -0.497 e. The minimum atomic E-state index is -4.30. The number of hydrogen-bond acceptors (Lipinski definition) is 4. The highest BCUT2D eigenvalue weighted by Crippen LogP contribution is 2.39. The molecule has 1 atom stereocenters. The van der Waals surface area contributed by atoms with E-state index in [0.29, 0.717) is 27.6 Å². The predicted octanol–water partition coefficient (Wildman–Crippen LogP) is 4.18. The highest BCUT2D eigenvalue weighted by molar-refractivity contribution is 7.91. The lowest BCUT2D eigenvalue weighted by molar-refractivity contribution is -0.118. The first-order chi connectivity index (χ1) is 15.1. The zero-order valence-electron chi connectivity index (χ0n) is 17.6. The monoisotopic (exact) mass is 477 g/mol. The third kappa shape index (κ3) is 4.48. The van der Waals surface area contributed by atoms with Crippen LogP contribution in [0.15, 0.2) is 71.6 Å². The molecule has 0 aliphatic heterocycles. The Morgan fingerprint density at radius 1 is 1.06 bits per heavy atom. The second kappa shape index (κ2) is 9.28. The molecule has 0 fully saturated rings. The second-order valence-corrected chi connectivity index (χ2v) is 9.86. The number of amides is 1. The molecule has 3 aromatic rings. The van der Waals surface area contributed by atoms with Gasteiger partial charge < -0.3 is 10.5 Å². The molecular formula is C23H23ClFN2O4S+. The lowest BCUT2D eigenvalue weighted by Gasteiger charge is -2.36. The van der Waals surface area contributed by atoms with Crippen LogP contribution in [0.2, 0.25) is 5.02 Å². The molecule has 0 aromatic heterocycles. The van der Waals surface area contributed by atoms with Gasteiger partial charge in [-0.25, -0.2) is 4.39 Å². The fraction of sp³-hybridized carbons (Fsp3) is 0.174. The highest BCUT2D eigenvalue weighted by Gasteiger charge is 2.48. The molecule has 1 amide bonds. The molecular weight excluding hydrogens is 455 g/mol. The number of quaternary nitrogens is 1. The van der Waals surface area contributed by atoms with Crippen molar-refractivity contribution >= 4 is 33.2 Å². The van der Waals surface area contributed by atoms with Crippen LogP contribution in [0.3, 0.4) is 0 Å². The van der Waals surface area contributed by atoms with Crippen LogP contribution < -0.4 is 14.4 Å². The largest absolute Gasteiger partial charge is 0.497 e. The number of nitrogens with two attached hydrogens (primary N) is 1. The summed E-state index contributed by atoms with van der Waals surface area (Å²) in [4.78, 5) is 12.1. The van der Waals surface area contributed by atoms with E-state index >= 15 is 0 Å². The maximum atomic E-state index is 14.1. The molecule has 1 unspecified atom stereocenters. The quantitative estimate of drug-likeness (QED) is 0.493. The van der Waals surface area contributed by atoms with E-state index < -0.39 is 32.2 Å². The molecule has 0 aliphatic carbocycles. The number of carbonyl (C=O) groups excluding carboxylic acids is 1. The van der Waals surface area contributed by atoms with Gasteiger partial charge >= 0.3 is 10.0 Å². The lowest BCUT2D eigenvalue weighted by atomic mass is 10.1. The maximum absolute atomic E-state index is 14.1. The summed E-state index contributed by atoms with van der Waals surface area (Å²) in [5.41, 5.74) is 6.99. The van der Waals surface area contributed by atoms with Crippen LogP contribution in [0, 0.1) is 12.7 Å². The number of halogens is 2. The Labute approximate surface area is 191 Å². The number of rotatable bonds is 8. The molecule has 0 heterocycles. The van der Waals surface area contributed by atoms with Crippen LogP contribution in [-0.4, -0.2) is 28.0 Å². The van der Waals surface area contributed by atoms with Gasteiger partial charge in [0.05, 0.1) is 7.11 Å². The van der Waals surface area contributed by atoms with Gasteiger partial charge in [-0.2, -0.15) is 12.3 Å². The van der Waals surface area contributed by atoms with E-state index in [1.165, 1.54) is 19.2 Å². The van der Waals surface area contributed by atoms with Crippen LogP contribution in [-0.2, 0) is 21.4 Å². The Kier molecular flexibility index (Phi) is 6.88. The summed E-state index contributed by atoms with van der Waals surface area (Å²) in [7, 11) is -2.78. The molecule has 0 saturated carbocycles. The van der Waals surface area contributed by atoms with Gasteiger partial charge in [-0.05, 0) is 61.5 Å². The van der Waals surface area contributed by atoms with Gasteiger partial charge in [0.25, 0.3) is 5.91 Å². The van der Waals surface area contributed by atoms with Crippen LogP contribution in [0.1, 0.15) is 11.1 Å². The van der Waals surface area contributed by atoms with Gasteiger partial charge in [-0.15, -0.1) is 0 Å². The normalized spacial score (nSPS) is 13.4. The van der Waals surface area contributed by atoms with Crippen molar-refractivity contribution in [3.05, 3.63) is 88.7 Å². The molecule has 3 aromatic carbocycles. The summed E-state index contributed by atoms with van der Waals surface area (Å²) >= 11 is 6.33. The van der Waals surface area contributed by atoms with E-state index in [2.05, 4.69) is 0 Å². The molecule has 6 nitrogen and oxygen atoms in total. The van der Waals surface area contributed by atoms with E-state index in [0.717, 1.165) is 12.1 Å². The molecule has 3 rings (SSSR count). The molecule has 168 valence electrons. The molecule has 2 N–H and O–H groups in total. The van der Waals surface area contributed by atoms with Crippen molar-refractivity contribution in [2.75, 3.05) is 13.7 Å². The van der Waals surface area contributed by atoms with E-state index in [9.17, 15) is 17.6 Å². The average molecular weight is 478 g/mol. The molecule has 9 heteroatoms. The van der Waals surface area contributed by atoms with Crippen molar-refractivity contribution in [1.82, 2.24) is 3.89 Å². The molecule has 0 aliphatic rings. The van der Waals surface area contributed by atoms with Gasteiger partial charge in [-0.3, -0.25) is 4.79 Å². The summed E-state index contributed by atoms with van der Waals surface area (Å²) in [5, 5.41) is 0.346. The second-order valence-electron chi connectivity index (χ2n) is 7.33. The number of sulfonamides is 1. The topological polar surface area (TPSA) is 86.5 Å². The van der Waals surface area contributed by atoms with Crippen molar-refractivity contribution < 1.29 is 22.3 Å². The van der Waals surface area contributed by atoms with E-state index in [1.807, 2.05) is 0 Å².